The van der Waals surface area contributed by atoms with Crippen LogP contribution in [0.15, 0.2) is 23.6 Å². The summed E-state index contributed by atoms with van der Waals surface area (Å²) < 4.78 is 15.8. The Balaban J connectivity index is 2.09. The molecule has 0 aliphatic carbocycles. The minimum atomic E-state index is -0.346. The van der Waals surface area contributed by atoms with Crippen molar-refractivity contribution in [1.82, 2.24) is 4.98 Å². The van der Waals surface area contributed by atoms with Gasteiger partial charge in [0.1, 0.15) is 11.5 Å². The van der Waals surface area contributed by atoms with E-state index in [0.717, 1.165) is 0 Å². The molecule has 0 bridgehead atoms. The fourth-order valence-electron chi connectivity index (χ4n) is 2.18. The van der Waals surface area contributed by atoms with Gasteiger partial charge in [0.05, 0.1) is 31.9 Å². The number of ether oxygens (including phenoxy) is 3. The van der Waals surface area contributed by atoms with Gasteiger partial charge < -0.3 is 14.2 Å². The van der Waals surface area contributed by atoms with Crippen molar-refractivity contribution < 1.29 is 23.8 Å². The van der Waals surface area contributed by atoms with Gasteiger partial charge in [-0.1, -0.05) is 0 Å². The second-order valence-corrected chi connectivity index (χ2v) is 6.00. The standard InChI is InChI=1S/C18H22N2O5S/c1-4-23-14-7-12(8-15(10-14)24-5-2)17(22)20-18-19-13(11-26-18)9-16(21)25-6-3/h7-8,10-11H,4-6,9H2,1-3H3,(H,19,20,22). The molecular formula is C18H22N2O5S. The Morgan fingerprint density at radius 3 is 2.27 bits per heavy atom. The first-order valence-corrected chi connectivity index (χ1v) is 9.25. The summed E-state index contributed by atoms with van der Waals surface area (Å²) in [7, 11) is 0. The SMILES string of the molecule is CCOC(=O)Cc1csc(NC(=O)c2cc(OCC)cc(OCC)c2)n1. The van der Waals surface area contributed by atoms with Gasteiger partial charge in [-0.25, -0.2) is 4.98 Å². The molecule has 8 heteroatoms. The third kappa shape index (κ3) is 5.73. The Morgan fingerprint density at radius 2 is 1.69 bits per heavy atom. The summed E-state index contributed by atoms with van der Waals surface area (Å²) >= 11 is 1.25. The molecule has 7 nitrogen and oxygen atoms in total. The first-order valence-electron chi connectivity index (χ1n) is 8.37. The zero-order chi connectivity index (χ0) is 18.9. The summed E-state index contributed by atoms with van der Waals surface area (Å²) in [5.41, 5.74) is 0.961. The van der Waals surface area contributed by atoms with E-state index in [-0.39, 0.29) is 18.3 Å². The Bertz CT molecular complexity index is 736. The van der Waals surface area contributed by atoms with E-state index >= 15 is 0 Å². The molecule has 1 aromatic carbocycles. The minimum absolute atomic E-state index is 0.0779. The van der Waals surface area contributed by atoms with Crippen molar-refractivity contribution in [2.45, 2.75) is 27.2 Å². The molecule has 2 rings (SSSR count). The minimum Gasteiger partial charge on any atom is -0.494 e. The quantitative estimate of drug-likeness (QED) is 0.674. The van der Waals surface area contributed by atoms with E-state index in [1.54, 1.807) is 30.5 Å². The van der Waals surface area contributed by atoms with Crippen LogP contribution in [0.5, 0.6) is 11.5 Å². The van der Waals surface area contributed by atoms with Gasteiger partial charge in [0.15, 0.2) is 5.13 Å². The second-order valence-electron chi connectivity index (χ2n) is 5.14. The van der Waals surface area contributed by atoms with E-state index < -0.39 is 0 Å². The van der Waals surface area contributed by atoms with Gasteiger partial charge in [-0.3, -0.25) is 14.9 Å². The summed E-state index contributed by atoms with van der Waals surface area (Å²) in [4.78, 5) is 28.2. The van der Waals surface area contributed by atoms with E-state index in [1.807, 2.05) is 13.8 Å². The third-order valence-corrected chi connectivity index (χ3v) is 3.97. The number of carbonyl (C=O) groups excluding carboxylic acids is 2. The number of nitrogens with zero attached hydrogens (tertiary/aromatic N) is 1. The molecule has 0 spiro atoms. The molecule has 0 saturated carbocycles. The van der Waals surface area contributed by atoms with Crippen LogP contribution in [0.25, 0.3) is 0 Å². The van der Waals surface area contributed by atoms with Crippen molar-refractivity contribution in [1.29, 1.82) is 0 Å². The van der Waals surface area contributed by atoms with Crippen LogP contribution in [-0.2, 0) is 16.0 Å². The fraction of sp³-hybridized carbons (Fsp3) is 0.389. The number of hydrogen-bond acceptors (Lipinski definition) is 7. The Morgan fingerprint density at radius 1 is 1.04 bits per heavy atom. The largest absolute Gasteiger partial charge is 0.494 e. The van der Waals surface area contributed by atoms with E-state index in [1.165, 1.54) is 11.3 Å². The van der Waals surface area contributed by atoms with E-state index in [4.69, 9.17) is 14.2 Å². The molecule has 0 aliphatic rings. The van der Waals surface area contributed by atoms with Crippen LogP contribution >= 0.6 is 11.3 Å². The van der Waals surface area contributed by atoms with Gasteiger partial charge in [0, 0.05) is 17.0 Å². The maximum atomic E-state index is 12.5. The average molecular weight is 378 g/mol. The molecule has 2 aromatic rings. The molecule has 0 atom stereocenters. The lowest BCUT2D eigenvalue weighted by atomic mass is 10.2. The highest BCUT2D eigenvalue weighted by molar-refractivity contribution is 7.14. The maximum Gasteiger partial charge on any atom is 0.311 e. The highest BCUT2D eigenvalue weighted by Gasteiger charge is 2.14. The Hall–Kier alpha value is -2.61. The Labute approximate surface area is 156 Å². The van der Waals surface area contributed by atoms with Crippen LogP contribution in [0.4, 0.5) is 5.13 Å². The molecule has 0 saturated heterocycles. The molecule has 0 aliphatic heterocycles. The number of nitrogens with one attached hydrogen (secondary N) is 1. The van der Waals surface area contributed by atoms with Gasteiger partial charge in [0.2, 0.25) is 0 Å². The summed E-state index contributed by atoms with van der Waals surface area (Å²) in [5.74, 6) is 0.447. The van der Waals surface area contributed by atoms with Crippen LogP contribution in [0.2, 0.25) is 0 Å². The molecule has 0 radical (unpaired) electrons. The van der Waals surface area contributed by atoms with E-state index in [2.05, 4.69) is 10.3 Å². The van der Waals surface area contributed by atoms with Crippen molar-refractivity contribution in [2.24, 2.45) is 0 Å². The van der Waals surface area contributed by atoms with Crippen molar-refractivity contribution >= 4 is 28.3 Å². The number of thiazole rings is 1. The molecule has 0 fully saturated rings. The number of hydrogen-bond donors (Lipinski definition) is 1. The molecule has 1 N–H and O–H groups in total. The van der Waals surface area contributed by atoms with Gasteiger partial charge in [0.25, 0.3) is 5.91 Å². The molecular weight excluding hydrogens is 356 g/mol. The van der Waals surface area contributed by atoms with E-state index in [9.17, 15) is 9.59 Å². The van der Waals surface area contributed by atoms with Crippen LogP contribution in [-0.4, -0.2) is 36.7 Å². The topological polar surface area (TPSA) is 86.8 Å². The average Bonchev–Trinajstić information content (AvgIpc) is 3.02. The number of amides is 1. The van der Waals surface area contributed by atoms with Crippen LogP contribution in [0.3, 0.4) is 0 Å². The number of anilines is 1. The van der Waals surface area contributed by atoms with Crippen molar-refractivity contribution in [3.05, 3.63) is 34.8 Å². The summed E-state index contributed by atoms with van der Waals surface area (Å²) in [6.45, 7) is 6.78. The lowest BCUT2D eigenvalue weighted by Gasteiger charge is -2.10. The smallest absolute Gasteiger partial charge is 0.311 e. The van der Waals surface area contributed by atoms with Gasteiger partial charge in [-0.2, -0.15) is 0 Å². The highest BCUT2D eigenvalue weighted by atomic mass is 32.1. The molecule has 140 valence electrons. The van der Waals surface area contributed by atoms with Crippen molar-refractivity contribution in [3.63, 3.8) is 0 Å². The number of rotatable bonds is 9. The second kappa shape index (κ2) is 9.76. The number of esters is 1. The monoisotopic (exact) mass is 378 g/mol. The number of carbonyl (C=O) groups is 2. The Kier molecular flexibility index (Phi) is 7.40. The fourth-order valence-corrected chi connectivity index (χ4v) is 2.88. The van der Waals surface area contributed by atoms with Crippen LogP contribution < -0.4 is 14.8 Å². The van der Waals surface area contributed by atoms with Gasteiger partial charge in [-0.15, -0.1) is 11.3 Å². The third-order valence-electron chi connectivity index (χ3n) is 3.17. The zero-order valence-electron chi connectivity index (χ0n) is 15.0. The summed E-state index contributed by atoms with van der Waals surface area (Å²) in [5, 5.41) is 4.86. The van der Waals surface area contributed by atoms with Crippen molar-refractivity contribution in [3.8, 4) is 11.5 Å². The first-order chi connectivity index (χ1) is 12.5. The first kappa shape index (κ1) is 19.7. The van der Waals surface area contributed by atoms with Crippen molar-refractivity contribution in [2.75, 3.05) is 25.1 Å². The molecule has 1 amide bonds. The normalized spacial score (nSPS) is 10.3. The number of aromatic nitrogens is 1. The van der Waals surface area contributed by atoms with Gasteiger partial charge >= 0.3 is 5.97 Å². The molecule has 0 unspecified atom stereocenters. The summed E-state index contributed by atoms with van der Waals surface area (Å²) in [6.07, 6.45) is 0.0779. The predicted octanol–water partition coefficient (Wildman–Crippen LogP) is 3.30. The molecule has 1 heterocycles. The van der Waals surface area contributed by atoms with Crippen LogP contribution in [0, 0.1) is 0 Å². The zero-order valence-corrected chi connectivity index (χ0v) is 15.9. The maximum absolute atomic E-state index is 12.5. The lowest BCUT2D eigenvalue weighted by molar-refractivity contribution is -0.142. The number of benzene rings is 1. The summed E-state index contributed by atoms with van der Waals surface area (Å²) in [6, 6.07) is 5.04. The van der Waals surface area contributed by atoms with Gasteiger partial charge in [-0.05, 0) is 32.9 Å². The molecule has 26 heavy (non-hydrogen) atoms. The van der Waals surface area contributed by atoms with Crippen LogP contribution in [0.1, 0.15) is 36.8 Å². The molecule has 1 aromatic heterocycles. The van der Waals surface area contributed by atoms with E-state index in [0.29, 0.717) is 47.7 Å². The lowest BCUT2D eigenvalue weighted by Crippen LogP contribution is -2.13. The highest BCUT2D eigenvalue weighted by Crippen LogP contribution is 2.24. The predicted molar refractivity (Wildman–Crippen MR) is 99.2 cm³/mol.